The molecular formula is C13H19FN2. The van der Waals surface area contributed by atoms with Crippen LogP contribution in [0.15, 0.2) is 18.2 Å². The van der Waals surface area contributed by atoms with E-state index in [-0.39, 0.29) is 11.9 Å². The molecule has 0 saturated carbocycles. The average Bonchev–Trinajstić information content (AvgIpc) is 2.74. The Morgan fingerprint density at radius 2 is 2.31 bits per heavy atom. The fourth-order valence-corrected chi connectivity index (χ4v) is 2.13. The summed E-state index contributed by atoms with van der Waals surface area (Å²) in [4.78, 5) is 0. The topological polar surface area (TPSA) is 24.1 Å². The Balaban J connectivity index is 2.02. The van der Waals surface area contributed by atoms with E-state index in [1.54, 1.807) is 13.0 Å². The van der Waals surface area contributed by atoms with E-state index in [9.17, 15) is 4.39 Å². The molecule has 1 aromatic carbocycles. The molecule has 16 heavy (non-hydrogen) atoms. The van der Waals surface area contributed by atoms with Gasteiger partial charge in [-0.3, -0.25) is 0 Å². The van der Waals surface area contributed by atoms with E-state index in [0.717, 1.165) is 25.1 Å². The number of halogens is 1. The lowest BCUT2D eigenvalue weighted by Crippen LogP contribution is -2.33. The Hall–Kier alpha value is -0.930. The minimum atomic E-state index is -0.115. The zero-order chi connectivity index (χ0) is 11.5. The lowest BCUT2D eigenvalue weighted by molar-refractivity contribution is 0.476. The molecule has 1 saturated heterocycles. The predicted octanol–water partition coefficient (Wildman–Crippen LogP) is 2.15. The summed E-state index contributed by atoms with van der Waals surface area (Å²) in [7, 11) is 0. The van der Waals surface area contributed by atoms with E-state index in [2.05, 4.69) is 17.6 Å². The molecule has 0 aromatic heterocycles. The van der Waals surface area contributed by atoms with Crippen molar-refractivity contribution in [3.63, 3.8) is 0 Å². The molecule has 3 heteroatoms. The second-order valence-electron chi connectivity index (χ2n) is 4.59. The molecule has 1 fully saturated rings. The van der Waals surface area contributed by atoms with E-state index in [0.29, 0.717) is 11.6 Å². The van der Waals surface area contributed by atoms with Gasteiger partial charge in [0.15, 0.2) is 0 Å². The third-order valence-corrected chi connectivity index (χ3v) is 3.24. The molecule has 0 aliphatic carbocycles. The maximum atomic E-state index is 13.4. The van der Waals surface area contributed by atoms with Gasteiger partial charge in [-0.15, -0.1) is 0 Å². The van der Waals surface area contributed by atoms with Gasteiger partial charge in [0.2, 0.25) is 0 Å². The summed E-state index contributed by atoms with van der Waals surface area (Å²) in [5.41, 5.74) is 1.73. The maximum absolute atomic E-state index is 13.4. The Kier molecular flexibility index (Phi) is 3.56. The van der Waals surface area contributed by atoms with Crippen LogP contribution in [-0.2, 0) is 0 Å². The monoisotopic (exact) mass is 222 g/mol. The van der Waals surface area contributed by atoms with Crippen LogP contribution in [0.5, 0.6) is 0 Å². The molecule has 1 aliphatic rings. The van der Waals surface area contributed by atoms with E-state index >= 15 is 0 Å². The van der Waals surface area contributed by atoms with Crippen LogP contribution in [0.2, 0.25) is 0 Å². The van der Waals surface area contributed by atoms with Gasteiger partial charge >= 0.3 is 0 Å². The molecular weight excluding hydrogens is 203 g/mol. The van der Waals surface area contributed by atoms with Gasteiger partial charge in [0.25, 0.3) is 0 Å². The number of nitrogens with one attached hydrogen (secondary N) is 2. The van der Waals surface area contributed by atoms with Gasteiger partial charge in [0, 0.05) is 18.6 Å². The molecule has 1 aliphatic heterocycles. The molecule has 1 aromatic rings. The highest BCUT2D eigenvalue weighted by molar-refractivity contribution is 5.25. The summed E-state index contributed by atoms with van der Waals surface area (Å²) in [5, 5.41) is 6.83. The summed E-state index contributed by atoms with van der Waals surface area (Å²) < 4.78 is 13.4. The quantitative estimate of drug-likeness (QED) is 0.819. The smallest absolute Gasteiger partial charge is 0.126 e. The maximum Gasteiger partial charge on any atom is 0.126 e. The van der Waals surface area contributed by atoms with Crippen LogP contribution in [0.3, 0.4) is 0 Å². The number of rotatable bonds is 3. The Morgan fingerprint density at radius 1 is 1.50 bits per heavy atom. The van der Waals surface area contributed by atoms with Crippen LogP contribution in [0.1, 0.15) is 30.5 Å². The highest BCUT2D eigenvalue weighted by atomic mass is 19.1. The van der Waals surface area contributed by atoms with Crippen molar-refractivity contribution in [2.24, 2.45) is 0 Å². The van der Waals surface area contributed by atoms with E-state index in [1.165, 1.54) is 0 Å². The third-order valence-electron chi connectivity index (χ3n) is 3.24. The molecule has 2 nitrogen and oxygen atoms in total. The molecule has 88 valence electrons. The molecule has 2 N–H and O–H groups in total. The van der Waals surface area contributed by atoms with Crippen LogP contribution in [0.25, 0.3) is 0 Å². The minimum absolute atomic E-state index is 0.115. The highest BCUT2D eigenvalue weighted by Crippen LogP contribution is 2.17. The fourth-order valence-electron chi connectivity index (χ4n) is 2.13. The number of benzene rings is 1. The first-order valence-electron chi connectivity index (χ1n) is 5.89. The van der Waals surface area contributed by atoms with Gasteiger partial charge in [-0.25, -0.2) is 4.39 Å². The summed E-state index contributed by atoms with van der Waals surface area (Å²) in [6.07, 6.45) is 1.15. The van der Waals surface area contributed by atoms with Crippen molar-refractivity contribution in [3.8, 4) is 0 Å². The second kappa shape index (κ2) is 4.93. The molecule has 0 radical (unpaired) electrons. The van der Waals surface area contributed by atoms with Crippen molar-refractivity contribution in [2.75, 3.05) is 13.1 Å². The first-order valence-corrected chi connectivity index (χ1v) is 5.89. The largest absolute Gasteiger partial charge is 0.315 e. The van der Waals surface area contributed by atoms with Crippen LogP contribution in [-0.4, -0.2) is 19.1 Å². The van der Waals surface area contributed by atoms with Crippen LogP contribution >= 0.6 is 0 Å². The van der Waals surface area contributed by atoms with Crippen molar-refractivity contribution in [1.29, 1.82) is 0 Å². The zero-order valence-electron chi connectivity index (χ0n) is 9.89. The third kappa shape index (κ3) is 2.60. The molecule has 0 amide bonds. The number of hydrogen-bond acceptors (Lipinski definition) is 2. The summed E-state index contributed by atoms with van der Waals surface area (Å²) in [6.45, 7) is 5.96. The lowest BCUT2D eigenvalue weighted by Gasteiger charge is -2.19. The van der Waals surface area contributed by atoms with Crippen molar-refractivity contribution in [2.45, 2.75) is 32.4 Å². The van der Waals surface area contributed by atoms with Crippen molar-refractivity contribution in [3.05, 3.63) is 35.1 Å². The van der Waals surface area contributed by atoms with E-state index in [4.69, 9.17) is 0 Å². The van der Waals surface area contributed by atoms with Gasteiger partial charge in [-0.1, -0.05) is 12.1 Å². The summed E-state index contributed by atoms with van der Waals surface area (Å²) >= 11 is 0. The van der Waals surface area contributed by atoms with Crippen molar-refractivity contribution < 1.29 is 4.39 Å². The highest BCUT2D eigenvalue weighted by Gasteiger charge is 2.17. The predicted molar refractivity (Wildman–Crippen MR) is 64.0 cm³/mol. The fraction of sp³-hybridized carbons (Fsp3) is 0.538. The Labute approximate surface area is 96.2 Å². The van der Waals surface area contributed by atoms with E-state index in [1.807, 2.05) is 12.1 Å². The van der Waals surface area contributed by atoms with Crippen LogP contribution < -0.4 is 10.6 Å². The summed E-state index contributed by atoms with van der Waals surface area (Å²) in [5.74, 6) is -0.115. The Bertz CT molecular complexity index is 359. The van der Waals surface area contributed by atoms with Gasteiger partial charge in [0.1, 0.15) is 5.82 Å². The Morgan fingerprint density at radius 3 is 2.94 bits per heavy atom. The molecule has 2 unspecified atom stereocenters. The zero-order valence-corrected chi connectivity index (χ0v) is 9.89. The second-order valence-corrected chi connectivity index (χ2v) is 4.59. The van der Waals surface area contributed by atoms with Crippen LogP contribution in [0, 0.1) is 12.7 Å². The molecule has 2 rings (SSSR count). The lowest BCUT2D eigenvalue weighted by atomic mass is 10.0. The number of aryl methyl sites for hydroxylation is 1. The van der Waals surface area contributed by atoms with E-state index < -0.39 is 0 Å². The standard InChI is InChI=1S/C13H19FN2/c1-9-3-4-11(7-13(9)14)10(2)16-12-5-6-15-8-12/h3-4,7,10,12,15-16H,5-6,8H2,1-2H3. The van der Waals surface area contributed by atoms with Gasteiger partial charge in [-0.2, -0.15) is 0 Å². The first kappa shape index (κ1) is 11.6. The normalized spacial score (nSPS) is 22.3. The summed E-state index contributed by atoms with van der Waals surface area (Å²) in [6, 6.07) is 6.20. The minimum Gasteiger partial charge on any atom is -0.315 e. The average molecular weight is 222 g/mol. The van der Waals surface area contributed by atoms with Crippen molar-refractivity contribution in [1.82, 2.24) is 10.6 Å². The molecule has 1 heterocycles. The van der Waals surface area contributed by atoms with Crippen molar-refractivity contribution >= 4 is 0 Å². The molecule has 2 atom stereocenters. The van der Waals surface area contributed by atoms with Crippen LogP contribution in [0.4, 0.5) is 4.39 Å². The number of hydrogen-bond donors (Lipinski definition) is 2. The molecule has 0 bridgehead atoms. The SMILES string of the molecule is Cc1ccc(C(C)NC2CCNC2)cc1F. The van der Waals surface area contributed by atoms with Gasteiger partial charge in [0.05, 0.1) is 0 Å². The van der Waals surface area contributed by atoms with Gasteiger partial charge < -0.3 is 10.6 Å². The first-order chi connectivity index (χ1) is 7.66. The molecule has 0 spiro atoms. The van der Waals surface area contributed by atoms with Gasteiger partial charge in [-0.05, 0) is 44.0 Å².